The molecule has 4 rings (SSSR count). The van der Waals surface area contributed by atoms with E-state index in [-0.39, 0.29) is 11.4 Å². The monoisotopic (exact) mass is 498 g/mol. The van der Waals surface area contributed by atoms with Gasteiger partial charge in [0.15, 0.2) is 17.3 Å². The number of halogens is 1. The lowest BCUT2D eigenvalue weighted by molar-refractivity contribution is -0.114. The van der Waals surface area contributed by atoms with Gasteiger partial charge in [-0.25, -0.2) is 0 Å². The first-order valence-corrected chi connectivity index (χ1v) is 11.1. The molecule has 2 aliphatic rings. The maximum absolute atomic E-state index is 12.6. The first kappa shape index (κ1) is 21.3. The van der Waals surface area contributed by atoms with Crippen LogP contribution in [-0.4, -0.2) is 34.1 Å². The number of amides is 1. The molecule has 0 spiro atoms. The minimum Gasteiger partial charge on any atom is -0.493 e. The highest BCUT2D eigenvalue weighted by Crippen LogP contribution is 2.38. The molecule has 0 aromatic heterocycles. The fourth-order valence-corrected chi connectivity index (χ4v) is 4.43. The van der Waals surface area contributed by atoms with Crippen LogP contribution < -0.4 is 9.47 Å². The summed E-state index contributed by atoms with van der Waals surface area (Å²) in [6.45, 7) is 2.36. The van der Waals surface area contributed by atoms with E-state index in [0.29, 0.717) is 33.3 Å². The van der Waals surface area contributed by atoms with E-state index in [2.05, 4.69) is 26.0 Å². The van der Waals surface area contributed by atoms with E-state index in [1.807, 2.05) is 43.3 Å². The van der Waals surface area contributed by atoms with Gasteiger partial charge in [-0.15, -0.1) is 0 Å². The molecule has 0 bridgehead atoms. The molecule has 0 saturated carbocycles. The molecule has 1 amide bonds. The first-order chi connectivity index (χ1) is 15.0. The summed E-state index contributed by atoms with van der Waals surface area (Å²) in [5.74, 6) is 0.618. The van der Waals surface area contributed by atoms with Crippen LogP contribution >= 0.6 is 27.7 Å². The van der Waals surface area contributed by atoms with Gasteiger partial charge in [-0.1, -0.05) is 37.3 Å². The fraction of sp³-hybridized carbons (Fsp3) is 0.182. The quantitative estimate of drug-likeness (QED) is 0.561. The third-order valence-corrected chi connectivity index (χ3v) is 6.23. The van der Waals surface area contributed by atoms with Gasteiger partial charge in [0.25, 0.3) is 5.91 Å². The van der Waals surface area contributed by atoms with Gasteiger partial charge < -0.3 is 9.47 Å². The average molecular weight is 499 g/mol. The Hall–Kier alpha value is -2.91. The van der Waals surface area contributed by atoms with Crippen molar-refractivity contribution in [1.29, 1.82) is 5.41 Å². The number of thioether (sulfide) groups is 1. The Kier molecular flexibility index (Phi) is 6.24. The van der Waals surface area contributed by atoms with Crippen molar-refractivity contribution >= 4 is 55.7 Å². The molecule has 0 unspecified atom stereocenters. The van der Waals surface area contributed by atoms with Gasteiger partial charge in [-0.05, 0) is 63.4 Å². The van der Waals surface area contributed by atoms with Crippen molar-refractivity contribution in [2.24, 2.45) is 10.1 Å². The standard InChI is InChI=1S/C22H19BrN4O3S/c1-3-18-26-27-20(24)15(21(28)25-22(27)31-18)9-14-10-16(23)19(17(11-14)29-2)30-12-13-7-5-4-6-8-13/h4-11,24H,3,12H2,1-2H3. The summed E-state index contributed by atoms with van der Waals surface area (Å²) in [4.78, 5) is 16.6. The van der Waals surface area contributed by atoms with Gasteiger partial charge in [0, 0.05) is 0 Å². The lowest BCUT2D eigenvalue weighted by Gasteiger charge is -2.20. The summed E-state index contributed by atoms with van der Waals surface area (Å²) in [6.07, 6.45) is 2.33. The molecule has 31 heavy (non-hydrogen) atoms. The third-order valence-electron chi connectivity index (χ3n) is 4.59. The zero-order valence-corrected chi connectivity index (χ0v) is 19.3. The van der Waals surface area contributed by atoms with Crippen LogP contribution in [0.5, 0.6) is 11.5 Å². The molecule has 2 heterocycles. The van der Waals surface area contributed by atoms with E-state index < -0.39 is 5.91 Å². The lowest BCUT2D eigenvalue weighted by Crippen LogP contribution is -2.35. The topological polar surface area (TPSA) is 87.3 Å². The normalized spacial score (nSPS) is 16.9. The second-order valence-corrected chi connectivity index (χ2v) is 8.57. The second kappa shape index (κ2) is 9.07. The molecule has 2 aliphatic heterocycles. The Morgan fingerprint density at radius 1 is 1.26 bits per heavy atom. The molecular formula is C22H19BrN4O3S. The molecule has 7 nitrogen and oxygen atoms in total. The molecule has 0 atom stereocenters. The summed E-state index contributed by atoms with van der Waals surface area (Å²) in [7, 11) is 1.56. The van der Waals surface area contributed by atoms with Crippen molar-refractivity contribution in [3.8, 4) is 11.5 Å². The Labute approximate surface area is 192 Å². The van der Waals surface area contributed by atoms with Crippen LogP contribution in [0.4, 0.5) is 0 Å². The molecule has 0 fully saturated rings. The number of nitrogens with one attached hydrogen (secondary N) is 1. The molecule has 2 aromatic rings. The average Bonchev–Trinajstić information content (AvgIpc) is 3.19. The molecule has 0 radical (unpaired) electrons. The van der Waals surface area contributed by atoms with Crippen LogP contribution in [0.15, 0.2) is 62.6 Å². The molecule has 158 valence electrons. The number of ether oxygens (including phenoxy) is 2. The minimum absolute atomic E-state index is 0.00504. The number of amidine groups is 2. The van der Waals surface area contributed by atoms with Gasteiger partial charge in [0.2, 0.25) is 5.17 Å². The van der Waals surface area contributed by atoms with Crippen molar-refractivity contribution in [2.75, 3.05) is 7.11 Å². The maximum Gasteiger partial charge on any atom is 0.283 e. The number of hydrazone groups is 1. The Bertz CT molecular complexity index is 1140. The predicted octanol–water partition coefficient (Wildman–Crippen LogP) is 5.07. The second-order valence-electron chi connectivity index (χ2n) is 6.68. The number of hydrogen-bond donors (Lipinski definition) is 1. The number of rotatable bonds is 6. The summed E-state index contributed by atoms with van der Waals surface area (Å²) < 4.78 is 12.1. The fourth-order valence-electron chi connectivity index (χ4n) is 3.03. The zero-order chi connectivity index (χ0) is 22.0. The van der Waals surface area contributed by atoms with E-state index in [4.69, 9.17) is 14.9 Å². The van der Waals surface area contributed by atoms with Crippen LogP contribution in [0.2, 0.25) is 0 Å². The number of aliphatic imine (C=N–C) groups is 1. The smallest absolute Gasteiger partial charge is 0.283 e. The summed E-state index contributed by atoms with van der Waals surface area (Å²) in [5, 5.41) is 15.5. The van der Waals surface area contributed by atoms with Crippen molar-refractivity contribution < 1.29 is 14.3 Å². The van der Waals surface area contributed by atoms with Crippen LogP contribution in [0.1, 0.15) is 24.5 Å². The zero-order valence-electron chi connectivity index (χ0n) is 16.9. The van der Waals surface area contributed by atoms with Crippen molar-refractivity contribution in [3.05, 3.63) is 63.6 Å². The first-order valence-electron chi connectivity index (χ1n) is 9.53. The van der Waals surface area contributed by atoms with E-state index in [9.17, 15) is 4.79 Å². The van der Waals surface area contributed by atoms with Crippen molar-refractivity contribution in [3.63, 3.8) is 0 Å². The number of fused-ring (bicyclic) bond motifs is 1. The number of hydrogen-bond acceptors (Lipinski definition) is 6. The Morgan fingerprint density at radius 2 is 2.03 bits per heavy atom. The van der Waals surface area contributed by atoms with Crippen LogP contribution in [0.25, 0.3) is 6.08 Å². The summed E-state index contributed by atoms with van der Waals surface area (Å²) in [6, 6.07) is 13.4. The maximum atomic E-state index is 12.6. The third kappa shape index (κ3) is 4.42. The van der Waals surface area contributed by atoms with E-state index in [0.717, 1.165) is 17.0 Å². The highest BCUT2D eigenvalue weighted by Gasteiger charge is 2.35. The van der Waals surface area contributed by atoms with Crippen molar-refractivity contribution in [2.45, 2.75) is 20.0 Å². The van der Waals surface area contributed by atoms with Crippen LogP contribution in [0.3, 0.4) is 0 Å². The molecular weight excluding hydrogens is 480 g/mol. The number of nitrogens with zero attached hydrogens (tertiary/aromatic N) is 3. The highest BCUT2D eigenvalue weighted by molar-refractivity contribution is 9.10. The highest BCUT2D eigenvalue weighted by atomic mass is 79.9. The van der Waals surface area contributed by atoms with E-state index >= 15 is 0 Å². The summed E-state index contributed by atoms with van der Waals surface area (Å²) in [5.41, 5.74) is 1.87. The summed E-state index contributed by atoms with van der Waals surface area (Å²) >= 11 is 4.85. The van der Waals surface area contributed by atoms with Gasteiger partial charge in [-0.2, -0.15) is 15.1 Å². The molecule has 1 N–H and O–H groups in total. The van der Waals surface area contributed by atoms with E-state index in [1.165, 1.54) is 16.8 Å². The predicted molar refractivity (Wildman–Crippen MR) is 127 cm³/mol. The molecule has 2 aromatic carbocycles. The van der Waals surface area contributed by atoms with Crippen LogP contribution in [0, 0.1) is 5.41 Å². The molecule has 0 saturated heterocycles. The van der Waals surface area contributed by atoms with Crippen LogP contribution in [-0.2, 0) is 11.4 Å². The van der Waals surface area contributed by atoms with Crippen molar-refractivity contribution in [1.82, 2.24) is 5.01 Å². The molecule has 9 heteroatoms. The number of methoxy groups -OCH3 is 1. The minimum atomic E-state index is -0.462. The lowest BCUT2D eigenvalue weighted by atomic mass is 10.1. The Morgan fingerprint density at radius 3 is 2.74 bits per heavy atom. The van der Waals surface area contributed by atoms with Gasteiger partial charge >= 0.3 is 0 Å². The van der Waals surface area contributed by atoms with E-state index in [1.54, 1.807) is 19.3 Å². The largest absolute Gasteiger partial charge is 0.493 e. The Balaban J connectivity index is 1.62. The SMILES string of the molecule is CCC1=NN2C(=N)C(=Cc3cc(Br)c(OCc4ccccc4)c(OC)c3)C(=O)N=C2S1. The number of carbonyl (C=O) groups is 1. The molecule has 0 aliphatic carbocycles. The van der Waals surface area contributed by atoms with Gasteiger partial charge in [0.1, 0.15) is 11.7 Å². The van der Waals surface area contributed by atoms with Gasteiger partial charge in [0.05, 0.1) is 17.2 Å². The number of benzene rings is 2. The van der Waals surface area contributed by atoms with Gasteiger partial charge in [-0.3, -0.25) is 10.2 Å². The number of carbonyl (C=O) groups excluding carboxylic acids is 1.